The molecule has 0 aromatic carbocycles. The summed E-state index contributed by atoms with van der Waals surface area (Å²) in [6.45, 7) is 5.98. The number of rotatable bonds is 3. The zero-order valence-corrected chi connectivity index (χ0v) is 13.1. The van der Waals surface area contributed by atoms with Crippen molar-refractivity contribution >= 4 is 29.3 Å². The topological polar surface area (TPSA) is 76.7 Å². The summed E-state index contributed by atoms with van der Waals surface area (Å²) in [4.78, 5) is 24.4. The molecule has 0 aromatic heterocycles. The minimum absolute atomic E-state index is 0.0799. The van der Waals surface area contributed by atoms with E-state index in [4.69, 9.17) is 21.7 Å². The van der Waals surface area contributed by atoms with Crippen LogP contribution in [0, 0.1) is 5.92 Å². The Morgan fingerprint density at radius 1 is 1.45 bits per heavy atom. The predicted molar refractivity (Wildman–Crippen MR) is 78.5 cm³/mol. The summed E-state index contributed by atoms with van der Waals surface area (Å²) < 4.78 is 9.93. The van der Waals surface area contributed by atoms with Gasteiger partial charge in [0, 0.05) is 13.0 Å². The van der Waals surface area contributed by atoms with Crippen LogP contribution in [0.15, 0.2) is 0 Å². The van der Waals surface area contributed by atoms with Crippen molar-refractivity contribution < 1.29 is 19.1 Å². The number of carbonyl (C=O) groups excluding carboxylic acids is 2. The molecule has 0 aliphatic carbocycles. The standard InChI is InChI=1S/C13H22N2O4S/c1-13(2,3)19-12(17)15-10(11(16)18-4)8-5-6-14-9(20)7-8/h8,10H,5-7H2,1-4H3,(H,14,20)(H,15,17). The van der Waals surface area contributed by atoms with Crippen LogP contribution < -0.4 is 10.6 Å². The molecule has 0 spiro atoms. The Morgan fingerprint density at radius 2 is 2.10 bits per heavy atom. The van der Waals surface area contributed by atoms with Crippen molar-refractivity contribution in [2.75, 3.05) is 13.7 Å². The molecule has 1 aliphatic rings. The number of carbonyl (C=O) groups is 2. The minimum Gasteiger partial charge on any atom is -0.467 e. The second-order valence-corrected chi connectivity index (χ2v) is 6.24. The molecule has 6 nitrogen and oxygen atoms in total. The number of hydrogen-bond donors (Lipinski definition) is 2. The van der Waals surface area contributed by atoms with Gasteiger partial charge in [0.05, 0.1) is 12.1 Å². The molecule has 0 radical (unpaired) electrons. The van der Waals surface area contributed by atoms with Crippen LogP contribution in [0.25, 0.3) is 0 Å². The monoisotopic (exact) mass is 302 g/mol. The van der Waals surface area contributed by atoms with Crippen LogP contribution in [0.5, 0.6) is 0 Å². The highest BCUT2D eigenvalue weighted by atomic mass is 32.1. The van der Waals surface area contributed by atoms with Gasteiger partial charge in [0.1, 0.15) is 11.6 Å². The molecule has 2 atom stereocenters. The lowest BCUT2D eigenvalue weighted by atomic mass is 9.90. The fraction of sp³-hybridized carbons (Fsp3) is 0.769. The highest BCUT2D eigenvalue weighted by Gasteiger charge is 2.34. The van der Waals surface area contributed by atoms with Gasteiger partial charge in [0.25, 0.3) is 0 Å². The van der Waals surface area contributed by atoms with E-state index in [2.05, 4.69) is 10.6 Å². The van der Waals surface area contributed by atoms with Crippen molar-refractivity contribution in [2.45, 2.75) is 45.3 Å². The van der Waals surface area contributed by atoms with Gasteiger partial charge >= 0.3 is 12.1 Å². The number of esters is 1. The van der Waals surface area contributed by atoms with E-state index in [1.807, 2.05) is 0 Å². The molecule has 0 bridgehead atoms. The van der Waals surface area contributed by atoms with E-state index in [0.717, 1.165) is 6.42 Å². The van der Waals surface area contributed by atoms with E-state index >= 15 is 0 Å². The Kier molecular flexibility index (Phi) is 5.74. The van der Waals surface area contributed by atoms with Crippen LogP contribution >= 0.6 is 12.2 Å². The number of alkyl carbamates (subject to hydrolysis) is 1. The second kappa shape index (κ2) is 6.88. The molecule has 7 heteroatoms. The maximum absolute atomic E-state index is 11.9. The fourth-order valence-electron chi connectivity index (χ4n) is 2.02. The lowest BCUT2D eigenvalue weighted by molar-refractivity contribution is -0.144. The summed E-state index contributed by atoms with van der Waals surface area (Å²) >= 11 is 5.12. The normalized spacial score (nSPS) is 20.6. The first-order valence-electron chi connectivity index (χ1n) is 6.57. The molecule has 2 unspecified atom stereocenters. The van der Waals surface area contributed by atoms with Crippen molar-refractivity contribution in [2.24, 2.45) is 5.92 Å². The minimum atomic E-state index is -0.741. The first-order chi connectivity index (χ1) is 9.23. The summed E-state index contributed by atoms with van der Waals surface area (Å²) in [6.07, 6.45) is 0.651. The number of hydrogen-bond acceptors (Lipinski definition) is 5. The van der Waals surface area contributed by atoms with Gasteiger partial charge in [0.2, 0.25) is 0 Å². The van der Waals surface area contributed by atoms with E-state index < -0.39 is 23.7 Å². The Balaban J connectivity index is 2.72. The SMILES string of the molecule is COC(=O)C(NC(=O)OC(C)(C)C)C1CCNC(=S)C1. The number of ether oxygens (including phenoxy) is 2. The summed E-state index contributed by atoms with van der Waals surface area (Å²) in [5, 5.41) is 5.64. The molecule has 1 saturated heterocycles. The number of methoxy groups -OCH3 is 1. The summed E-state index contributed by atoms with van der Waals surface area (Å²) in [5.41, 5.74) is -0.617. The van der Waals surface area contributed by atoms with Crippen molar-refractivity contribution in [3.8, 4) is 0 Å². The van der Waals surface area contributed by atoms with E-state index in [-0.39, 0.29) is 5.92 Å². The summed E-state index contributed by atoms with van der Waals surface area (Å²) in [5.74, 6) is -0.561. The number of thiocarbonyl (C=S) groups is 1. The average molecular weight is 302 g/mol. The van der Waals surface area contributed by atoms with Crippen LogP contribution in [0.1, 0.15) is 33.6 Å². The van der Waals surface area contributed by atoms with Crippen molar-refractivity contribution in [1.29, 1.82) is 0 Å². The molecule has 1 amide bonds. The Labute approximate surface area is 124 Å². The Morgan fingerprint density at radius 3 is 2.60 bits per heavy atom. The van der Waals surface area contributed by atoms with Gasteiger partial charge in [-0.25, -0.2) is 9.59 Å². The molecule has 20 heavy (non-hydrogen) atoms. The van der Waals surface area contributed by atoms with Crippen molar-refractivity contribution in [1.82, 2.24) is 10.6 Å². The largest absolute Gasteiger partial charge is 0.467 e. The van der Waals surface area contributed by atoms with Crippen LogP contribution in [-0.2, 0) is 14.3 Å². The summed E-state index contributed by atoms with van der Waals surface area (Å²) in [7, 11) is 1.30. The quantitative estimate of drug-likeness (QED) is 0.606. The highest BCUT2D eigenvalue weighted by molar-refractivity contribution is 7.80. The predicted octanol–water partition coefficient (Wildman–Crippen LogP) is 1.38. The average Bonchev–Trinajstić information content (AvgIpc) is 2.33. The molecule has 1 fully saturated rings. The van der Waals surface area contributed by atoms with Gasteiger partial charge in [-0.3, -0.25) is 0 Å². The van der Waals surface area contributed by atoms with Gasteiger partial charge in [0.15, 0.2) is 0 Å². The molecule has 1 heterocycles. The Bertz CT molecular complexity index is 392. The maximum Gasteiger partial charge on any atom is 0.408 e. The van der Waals surface area contributed by atoms with Crippen molar-refractivity contribution in [3.05, 3.63) is 0 Å². The van der Waals surface area contributed by atoms with Gasteiger partial charge < -0.3 is 20.1 Å². The van der Waals surface area contributed by atoms with E-state index in [1.165, 1.54) is 7.11 Å². The number of piperidine rings is 1. The molecule has 0 aromatic rings. The third kappa shape index (κ3) is 5.32. The molecule has 1 rings (SSSR count). The third-order valence-corrected chi connectivity index (χ3v) is 3.19. The smallest absolute Gasteiger partial charge is 0.408 e. The number of amides is 1. The molecule has 2 N–H and O–H groups in total. The zero-order chi connectivity index (χ0) is 15.3. The molecule has 0 saturated carbocycles. The molecular formula is C13H22N2O4S. The van der Waals surface area contributed by atoms with E-state index in [9.17, 15) is 9.59 Å². The lowest BCUT2D eigenvalue weighted by Crippen LogP contribution is -2.51. The zero-order valence-electron chi connectivity index (χ0n) is 12.3. The first-order valence-corrected chi connectivity index (χ1v) is 6.98. The highest BCUT2D eigenvalue weighted by Crippen LogP contribution is 2.19. The number of nitrogens with one attached hydrogen (secondary N) is 2. The van der Waals surface area contributed by atoms with Crippen LogP contribution in [-0.4, -0.2) is 42.3 Å². The van der Waals surface area contributed by atoms with Gasteiger partial charge in [-0.05, 0) is 33.1 Å². The van der Waals surface area contributed by atoms with Crippen LogP contribution in [0.2, 0.25) is 0 Å². The van der Waals surface area contributed by atoms with Crippen LogP contribution in [0.4, 0.5) is 4.79 Å². The van der Waals surface area contributed by atoms with Gasteiger partial charge in [-0.1, -0.05) is 12.2 Å². The summed E-state index contributed by atoms with van der Waals surface area (Å²) in [6, 6.07) is -0.741. The lowest BCUT2D eigenvalue weighted by Gasteiger charge is -2.30. The van der Waals surface area contributed by atoms with Gasteiger partial charge in [-0.2, -0.15) is 0 Å². The first kappa shape index (κ1) is 16.7. The van der Waals surface area contributed by atoms with Crippen molar-refractivity contribution in [3.63, 3.8) is 0 Å². The molecular weight excluding hydrogens is 280 g/mol. The fourth-order valence-corrected chi connectivity index (χ4v) is 2.34. The van der Waals surface area contributed by atoms with E-state index in [0.29, 0.717) is 18.0 Å². The third-order valence-electron chi connectivity index (χ3n) is 2.88. The van der Waals surface area contributed by atoms with Gasteiger partial charge in [-0.15, -0.1) is 0 Å². The molecule has 1 aliphatic heterocycles. The second-order valence-electron chi connectivity index (χ2n) is 5.75. The van der Waals surface area contributed by atoms with Crippen LogP contribution in [0.3, 0.4) is 0 Å². The van der Waals surface area contributed by atoms with E-state index in [1.54, 1.807) is 20.8 Å². The maximum atomic E-state index is 11.9. The molecule has 114 valence electrons. The Hall–Kier alpha value is -1.37.